The molecule has 3 heteroatoms. The number of carbonyl (C=O) groups excluding carboxylic acids is 1. The van der Waals surface area contributed by atoms with Crippen LogP contribution in [-0.4, -0.2) is 10.9 Å². The highest BCUT2D eigenvalue weighted by Gasteiger charge is 2.07. The van der Waals surface area contributed by atoms with E-state index in [9.17, 15) is 4.79 Å². The highest BCUT2D eigenvalue weighted by Crippen LogP contribution is 2.19. The van der Waals surface area contributed by atoms with Gasteiger partial charge in [-0.05, 0) is 49.2 Å². The average molecular weight is 316 g/mol. The Morgan fingerprint density at radius 1 is 0.958 bits per heavy atom. The topological polar surface area (TPSA) is 42.0 Å². The predicted molar refractivity (Wildman–Crippen MR) is 98.2 cm³/mol. The fourth-order valence-corrected chi connectivity index (χ4v) is 2.44. The van der Waals surface area contributed by atoms with E-state index in [1.165, 1.54) is 11.1 Å². The van der Waals surface area contributed by atoms with Gasteiger partial charge in [0.2, 0.25) is 0 Å². The van der Waals surface area contributed by atoms with Crippen molar-refractivity contribution in [1.82, 2.24) is 4.98 Å². The summed E-state index contributed by atoms with van der Waals surface area (Å²) in [6.45, 7) is 4.13. The summed E-state index contributed by atoms with van der Waals surface area (Å²) < 4.78 is 0. The number of pyridine rings is 1. The van der Waals surface area contributed by atoms with Crippen LogP contribution in [-0.2, 0) is 6.42 Å². The Labute approximate surface area is 142 Å². The lowest BCUT2D eigenvalue weighted by Crippen LogP contribution is -2.11. The molecule has 1 N–H and O–H groups in total. The lowest BCUT2D eigenvalue weighted by atomic mass is 10.1. The van der Waals surface area contributed by atoms with Gasteiger partial charge in [0.25, 0.3) is 5.91 Å². The summed E-state index contributed by atoms with van der Waals surface area (Å²) in [4.78, 5) is 16.8. The molecule has 0 saturated carbocycles. The van der Waals surface area contributed by atoms with Crippen LogP contribution in [0.5, 0.6) is 0 Å². The van der Waals surface area contributed by atoms with Gasteiger partial charge in [0.15, 0.2) is 0 Å². The van der Waals surface area contributed by atoms with E-state index in [2.05, 4.69) is 23.3 Å². The van der Waals surface area contributed by atoms with Crippen LogP contribution >= 0.6 is 0 Å². The van der Waals surface area contributed by atoms with Crippen LogP contribution in [0.25, 0.3) is 11.3 Å². The molecule has 2 aromatic carbocycles. The fraction of sp³-hybridized carbons (Fsp3) is 0.143. The van der Waals surface area contributed by atoms with E-state index in [1.54, 1.807) is 0 Å². The molecule has 0 unspecified atom stereocenters. The zero-order valence-electron chi connectivity index (χ0n) is 13.9. The monoisotopic (exact) mass is 316 g/mol. The van der Waals surface area contributed by atoms with Crippen LogP contribution in [0.15, 0.2) is 66.9 Å². The van der Waals surface area contributed by atoms with Crippen LogP contribution in [0.3, 0.4) is 0 Å². The Morgan fingerprint density at radius 3 is 2.25 bits per heavy atom. The van der Waals surface area contributed by atoms with Crippen molar-refractivity contribution in [2.75, 3.05) is 5.32 Å². The predicted octanol–water partition coefficient (Wildman–Crippen LogP) is 4.87. The van der Waals surface area contributed by atoms with Gasteiger partial charge in [0.05, 0.1) is 5.69 Å². The largest absolute Gasteiger partial charge is 0.322 e. The summed E-state index contributed by atoms with van der Waals surface area (Å²) in [6, 6.07) is 19.4. The van der Waals surface area contributed by atoms with Gasteiger partial charge in [0.1, 0.15) is 0 Å². The van der Waals surface area contributed by atoms with E-state index in [4.69, 9.17) is 0 Å². The van der Waals surface area contributed by atoms with Gasteiger partial charge in [-0.1, -0.05) is 42.8 Å². The Bertz CT molecular complexity index is 819. The Kier molecular flexibility index (Phi) is 4.71. The first-order valence-corrected chi connectivity index (χ1v) is 8.09. The Morgan fingerprint density at radius 2 is 1.67 bits per heavy atom. The number of nitrogens with zero attached hydrogens (tertiary/aromatic N) is 1. The second kappa shape index (κ2) is 7.09. The molecule has 120 valence electrons. The number of carbonyl (C=O) groups is 1. The summed E-state index contributed by atoms with van der Waals surface area (Å²) in [5.74, 6) is -0.111. The van der Waals surface area contributed by atoms with Gasteiger partial charge in [-0.3, -0.25) is 9.78 Å². The van der Waals surface area contributed by atoms with Crippen molar-refractivity contribution in [2.24, 2.45) is 0 Å². The Hall–Kier alpha value is -2.94. The zero-order valence-corrected chi connectivity index (χ0v) is 13.9. The van der Waals surface area contributed by atoms with E-state index in [1.807, 2.05) is 67.7 Å². The standard InChI is InChI=1S/C21H20N2O/c1-3-16-6-13-20(22-14-16)17-7-9-18(10-8-17)21(24)23-19-11-4-15(2)5-12-19/h4-14H,3H2,1-2H3,(H,23,24). The smallest absolute Gasteiger partial charge is 0.255 e. The third kappa shape index (κ3) is 3.69. The first-order chi connectivity index (χ1) is 11.7. The van der Waals surface area contributed by atoms with E-state index in [-0.39, 0.29) is 5.91 Å². The van der Waals surface area contributed by atoms with E-state index >= 15 is 0 Å². The van der Waals surface area contributed by atoms with Crippen molar-refractivity contribution in [2.45, 2.75) is 20.3 Å². The molecule has 0 aliphatic heterocycles. The number of aryl methyl sites for hydroxylation is 2. The van der Waals surface area contributed by atoms with Gasteiger partial charge < -0.3 is 5.32 Å². The van der Waals surface area contributed by atoms with Crippen molar-refractivity contribution >= 4 is 11.6 Å². The van der Waals surface area contributed by atoms with Gasteiger partial charge >= 0.3 is 0 Å². The maximum atomic E-state index is 12.3. The number of aromatic nitrogens is 1. The van der Waals surface area contributed by atoms with Crippen LogP contribution in [0, 0.1) is 6.92 Å². The minimum atomic E-state index is -0.111. The van der Waals surface area contributed by atoms with Crippen molar-refractivity contribution < 1.29 is 4.79 Å². The van der Waals surface area contributed by atoms with E-state index < -0.39 is 0 Å². The van der Waals surface area contributed by atoms with Crippen LogP contribution in [0.2, 0.25) is 0 Å². The second-order valence-electron chi connectivity index (χ2n) is 5.80. The number of hydrogen-bond acceptors (Lipinski definition) is 2. The molecule has 3 rings (SSSR count). The number of nitrogens with one attached hydrogen (secondary N) is 1. The Balaban J connectivity index is 1.73. The number of amides is 1. The van der Waals surface area contributed by atoms with Crippen molar-refractivity contribution in [3.8, 4) is 11.3 Å². The third-order valence-electron chi connectivity index (χ3n) is 3.99. The summed E-state index contributed by atoms with van der Waals surface area (Å²) in [5.41, 5.74) is 5.73. The molecule has 0 bridgehead atoms. The highest BCUT2D eigenvalue weighted by molar-refractivity contribution is 6.04. The third-order valence-corrected chi connectivity index (χ3v) is 3.99. The molecule has 0 fully saturated rings. The van der Waals surface area contributed by atoms with Crippen LogP contribution in [0.1, 0.15) is 28.4 Å². The number of hydrogen-bond donors (Lipinski definition) is 1. The number of rotatable bonds is 4. The van der Waals surface area contributed by atoms with Crippen molar-refractivity contribution in [3.05, 3.63) is 83.6 Å². The van der Waals surface area contributed by atoms with E-state index in [0.29, 0.717) is 5.56 Å². The lowest BCUT2D eigenvalue weighted by molar-refractivity contribution is 0.102. The highest BCUT2D eigenvalue weighted by atomic mass is 16.1. The minimum absolute atomic E-state index is 0.111. The fourth-order valence-electron chi connectivity index (χ4n) is 2.44. The molecule has 1 amide bonds. The van der Waals surface area contributed by atoms with Crippen molar-refractivity contribution in [1.29, 1.82) is 0 Å². The SMILES string of the molecule is CCc1ccc(-c2ccc(C(=O)Nc3ccc(C)cc3)cc2)nc1. The zero-order chi connectivity index (χ0) is 16.9. The second-order valence-corrected chi connectivity index (χ2v) is 5.80. The van der Waals surface area contributed by atoms with Crippen LogP contribution < -0.4 is 5.32 Å². The lowest BCUT2D eigenvalue weighted by Gasteiger charge is -2.07. The van der Waals surface area contributed by atoms with Crippen molar-refractivity contribution in [3.63, 3.8) is 0 Å². The molecular formula is C21H20N2O. The summed E-state index contributed by atoms with van der Waals surface area (Å²) in [7, 11) is 0. The molecule has 0 spiro atoms. The van der Waals surface area contributed by atoms with Gasteiger partial charge in [0, 0.05) is 23.0 Å². The molecule has 0 aliphatic rings. The molecule has 1 heterocycles. The first kappa shape index (κ1) is 15.9. The average Bonchev–Trinajstić information content (AvgIpc) is 2.64. The summed E-state index contributed by atoms with van der Waals surface area (Å²) >= 11 is 0. The molecule has 24 heavy (non-hydrogen) atoms. The quantitative estimate of drug-likeness (QED) is 0.746. The summed E-state index contributed by atoms with van der Waals surface area (Å²) in [6.07, 6.45) is 2.87. The molecule has 1 aromatic heterocycles. The molecule has 0 radical (unpaired) electrons. The van der Waals surface area contributed by atoms with E-state index in [0.717, 1.165) is 23.4 Å². The number of benzene rings is 2. The van der Waals surface area contributed by atoms with Gasteiger partial charge in [-0.25, -0.2) is 0 Å². The van der Waals surface area contributed by atoms with Gasteiger partial charge in [-0.2, -0.15) is 0 Å². The number of anilines is 1. The normalized spacial score (nSPS) is 10.4. The molecule has 3 aromatic rings. The maximum absolute atomic E-state index is 12.3. The van der Waals surface area contributed by atoms with Crippen LogP contribution in [0.4, 0.5) is 5.69 Å². The molecule has 3 nitrogen and oxygen atoms in total. The molecule has 0 aliphatic carbocycles. The first-order valence-electron chi connectivity index (χ1n) is 8.09. The van der Waals surface area contributed by atoms with Gasteiger partial charge in [-0.15, -0.1) is 0 Å². The molecular weight excluding hydrogens is 296 g/mol. The minimum Gasteiger partial charge on any atom is -0.322 e. The maximum Gasteiger partial charge on any atom is 0.255 e. The molecule has 0 atom stereocenters. The summed E-state index contributed by atoms with van der Waals surface area (Å²) in [5, 5.41) is 2.91. The molecule has 0 saturated heterocycles.